The third kappa shape index (κ3) is 1.48. The molecule has 4 nitrogen and oxygen atoms in total. The van der Waals surface area contributed by atoms with Crippen LogP contribution in [0.1, 0.15) is 37.4 Å². The minimum Gasteiger partial charge on any atom is -0.507 e. The van der Waals surface area contributed by atoms with E-state index in [9.17, 15) is 14.7 Å². The quantitative estimate of drug-likeness (QED) is 0.736. The summed E-state index contributed by atoms with van der Waals surface area (Å²) in [5, 5.41) is 10.1. The monoisotopic (exact) mass is 268 g/mol. The first-order chi connectivity index (χ1) is 9.56. The zero-order chi connectivity index (χ0) is 14.4. The molecule has 0 radical (unpaired) electrons. The molecule has 0 amide bonds. The second kappa shape index (κ2) is 4.20. The number of carbonyl (C=O) groups is 2. The minimum absolute atomic E-state index is 0.0329. The molecule has 0 saturated heterocycles. The summed E-state index contributed by atoms with van der Waals surface area (Å²) in [5.74, 6) is -0.506. The van der Waals surface area contributed by atoms with Gasteiger partial charge in [0.2, 0.25) is 0 Å². The van der Waals surface area contributed by atoms with Gasteiger partial charge in [-0.05, 0) is 18.6 Å². The highest BCUT2D eigenvalue weighted by atomic mass is 16.5. The molecule has 0 heterocycles. The van der Waals surface area contributed by atoms with Gasteiger partial charge in [-0.2, -0.15) is 0 Å². The Morgan fingerprint density at radius 3 is 2.10 bits per heavy atom. The van der Waals surface area contributed by atoms with Crippen molar-refractivity contribution in [2.24, 2.45) is 0 Å². The number of aromatic hydroxyl groups is 1. The fourth-order valence-corrected chi connectivity index (χ4v) is 2.53. The lowest BCUT2D eigenvalue weighted by molar-refractivity contribution is 0.0974. The fourth-order valence-electron chi connectivity index (χ4n) is 2.53. The van der Waals surface area contributed by atoms with E-state index in [4.69, 9.17) is 4.74 Å². The highest BCUT2D eigenvalue weighted by Crippen LogP contribution is 2.39. The number of ketones is 2. The lowest BCUT2D eigenvalue weighted by Gasteiger charge is -2.21. The molecule has 0 unspecified atom stereocenters. The van der Waals surface area contributed by atoms with E-state index in [-0.39, 0.29) is 28.4 Å². The van der Waals surface area contributed by atoms with Crippen LogP contribution in [0.15, 0.2) is 30.3 Å². The van der Waals surface area contributed by atoms with Crippen molar-refractivity contribution in [2.45, 2.75) is 6.92 Å². The van der Waals surface area contributed by atoms with Crippen LogP contribution in [0.2, 0.25) is 0 Å². The van der Waals surface area contributed by atoms with E-state index in [0.717, 1.165) is 0 Å². The number of hydrogen-bond acceptors (Lipinski definition) is 4. The summed E-state index contributed by atoms with van der Waals surface area (Å²) < 4.78 is 5.20. The lowest BCUT2D eigenvalue weighted by Crippen LogP contribution is -2.22. The zero-order valence-electron chi connectivity index (χ0n) is 11.1. The largest absolute Gasteiger partial charge is 0.507 e. The molecule has 1 aliphatic rings. The average Bonchev–Trinajstić information content (AvgIpc) is 2.47. The molecule has 100 valence electrons. The highest BCUT2D eigenvalue weighted by Gasteiger charge is 2.35. The van der Waals surface area contributed by atoms with Gasteiger partial charge in [-0.25, -0.2) is 0 Å². The summed E-state index contributed by atoms with van der Waals surface area (Å²) in [4.78, 5) is 25.1. The Balaban J connectivity index is 2.41. The predicted molar refractivity (Wildman–Crippen MR) is 72.7 cm³/mol. The Labute approximate surface area is 115 Å². The summed E-state index contributed by atoms with van der Waals surface area (Å²) in [7, 11) is 1.43. The number of methoxy groups -OCH3 is 1. The average molecular weight is 268 g/mol. The predicted octanol–water partition coefficient (Wildman–Crippen LogP) is 2.48. The van der Waals surface area contributed by atoms with Crippen molar-refractivity contribution in [3.63, 3.8) is 0 Å². The lowest BCUT2D eigenvalue weighted by atomic mass is 9.82. The van der Waals surface area contributed by atoms with Gasteiger partial charge in [0.05, 0.1) is 18.2 Å². The van der Waals surface area contributed by atoms with Crippen LogP contribution < -0.4 is 4.74 Å². The van der Waals surface area contributed by atoms with Crippen LogP contribution >= 0.6 is 0 Å². The number of benzene rings is 2. The van der Waals surface area contributed by atoms with Crippen molar-refractivity contribution in [1.82, 2.24) is 0 Å². The molecule has 0 saturated carbocycles. The first kappa shape index (κ1) is 12.4. The molecule has 3 rings (SSSR count). The van der Waals surface area contributed by atoms with Gasteiger partial charge in [-0.15, -0.1) is 0 Å². The maximum absolute atomic E-state index is 12.6. The molecule has 0 aliphatic heterocycles. The summed E-state index contributed by atoms with van der Waals surface area (Å²) in [6.45, 7) is 1.66. The smallest absolute Gasteiger partial charge is 0.198 e. The molecule has 2 aromatic rings. The van der Waals surface area contributed by atoms with Crippen LogP contribution in [-0.2, 0) is 0 Å². The zero-order valence-corrected chi connectivity index (χ0v) is 11.1. The van der Waals surface area contributed by atoms with E-state index < -0.39 is 0 Å². The van der Waals surface area contributed by atoms with Crippen LogP contribution in [0, 0.1) is 6.92 Å². The Morgan fingerprint density at radius 2 is 1.55 bits per heavy atom. The molecule has 0 spiro atoms. The Hall–Kier alpha value is -2.62. The third-order valence-electron chi connectivity index (χ3n) is 3.54. The molecule has 0 bridgehead atoms. The summed E-state index contributed by atoms with van der Waals surface area (Å²) in [5.41, 5.74) is 1.32. The topological polar surface area (TPSA) is 63.6 Å². The molecule has 1 aliphatic carbocycles. The van der Waals surface area contributed by atoms with Crippen LogP contribution in [0.25, 0.3) is 0 Å². The first-order valence-electron chi connectivity index (χ1n) is 6.15. The molecule has 0 aromatic heterocycles. The molecular formula is C16H12O4. The van der Waals surface area contributed by atoms with Gasteiger partial charge < -0.3 is 9.84 Å². The summed E-state index contributed by atoms with van der Waals surface area (Å²) in [6, 6.07) is 8.16. The van der Waals surface area contributed by atoms with Gasteiger partial charge in [0.15, 0.2) is 11.6 Å². The van der Waals surface area contributed by atoms with Gasteiger partial charge in [-0.1, -0.05) is 24.3 Å². The molecule has 4 heteroatoms. The van der Waals surface area contributed by atoms with Crippen molar-refractivity contribution >= 4 is 11.6 Å². The molecule has 0 atom stereocenters. The van der Waals surface area contributed by atoms with E-state index in [1.54, 1.807) is 37.3 Å². The van der Waals surface area contributed by atoms with E-state index in [1.165, 1.54) is 7.11 Å². The van der Waals surface area contributed by atoms with Gasteiger partial charge in [-0.3, -0.25) is 9.59 Å². The van der Waals surface area contributed by atoms with Crippen LogP contribution in [0.5, 0.6) is 11.5 Å². The molecular weight excluding hydrogens is 256 g/mol. The standard InChI is InChI=1S/C16H12O4/c1-8-7-11(20-2)12-13(14(8)17)16(19)10-6-4-3-5-9(10)15(12)18/h3-7,17H,1-2H3. The van der Waals surface area contributed by atoms with Crippen molar-refractivity contribution < 1.29 is 19.4 Å². The van der Waals surface area contributed by atoms with Crippen LogP contribution in [0.4, 0.5) is 0 Å². The SMILES string of the molecule is COc1cc(C)c(O)c2c1C(=O)c1ccccc1C2=O. The molecule has 20 heavy (non-hydrogen) atoms. The Bertz CT molecular complexity index is 759. The van der Waals surface area contributed by atoms with Gasteiger partial charge in [0, 0.05) is 11.1 Å². The summed E-state index contributed by atoms with van der Waals surface area (Å²) >= 11 is 0. The maximum Gasteiger partial charge on any atom is 0.198 e. The van der Waals surface area contributed by atoms with Crippen molar-refractivity contribution in [3.05, 3.63) is 58.1 Å². The van der Waals surface area contributed by atoms with Crippen LogP contribution in [0.3, 0.4) is 0 Å². The number of ether oxygens (including phenoxy) is 1. The number of aryl methyl sites for hydroxylation is 1. The number of phenolic OH excluding ortho intramolecular Hbond substituents is 1. The number of rotatable bonds is 1. The number of fused-ring (bicyclic) bond motifs is 2. The van der Waals surface area contributed by atoms with E-state index >= 15 is 0 Å². The number of phenols is 1. The Kier molecular flexibility index (Phi) is 2.61. The molecule has 2 aromatic carbocycles. The van der Waals surface area contributed by atoms with Crippen molar-refractivity contribution in [2.75, 3.05) is 7.11 Å². The van der Waals surface area contributed by atoms with Gasteiger partial charge in [0.25, 0.3) is 0 Å². The highest BCUT2D eigenvalue weighted by molar-refractivity contribution is 6.30. The van der Waals surface area contributed by atoms with Crippen LogP contribution in [-0.4, -0.2) is 23.8 Å². The van der Waals surface area contributed by atoms with E-state index in [1.807, 2.05) is 0 Å². The van der Waals surface area contributed by atoms with Crippen molar-refractivity contribution in [1.29, 1.82) is 0 Å². The number of hydrogen-bond donors (Lipinski definition) is 1. The molecule has 0 fully saturated rings. The van der Waals surface area contributed by atoms with Gasteiger partial charge in [0.1, 0.15) is 11.5 Å². The summed E-state index contributed by atoms with van der Waals surface area (Å²) in [6.07, 6.45) is 0. The van der Waals surface area contributed by atoms with Crippen molar-refractivity contribution in [3.8, 4) is 11.5 Å². The van der Waals surface area contributed by atoms with E-state index in [2.05, 4.69) is 0 Å². The minimum atomic E-state index is -0.352. The molecule has 1 N–H and O–H groups in total. The maximum atomic E-state index is 12.6. The second-order valence-corrected chi connectivity index (χ2v) is 4.70. The van der Waals surface area contributed by atoms with E-state index in [0.29, 0.717) is 22.4 Å². The van der Waals surface area contributed by atoms with Gasteiger partial charge >= 0.3 is 0 Å². The first-order valence-corrected chi connectivity index (χ1v) is 6.15. The normalized spacial score (nSPS) is 12.9. The Morgan fingerprint density at radius 1 is 1.00 bits per heavy atom. The third-order valence-corrected chi connectivity index (χ3v) is 3.54. The number of carbonyl (C=O) groups excluding carboxylic acids is 2. The second-order valence-electron chi connectivity index (χ2n) is 4.70. The fraction of sp³-hybridized carbons (Fsp3) is 0.125.